The first-order chi connectivity index (χ1) is 28.7. The molecule has 0 radical (unpaired) electrons. The number of benzene rings is 4. The fourth-order valence-corrected chi connectivity index (χ4v) is 6.37. The van der Waals surface area contributed by atoms with Crippen LogP contribution in [0.25, 0.3) is 33.4 Å². The molecule has 2 atom stereocenters. The standard InChI is InChI=1S/2C20H14F3N7/c2*1-10(28-19-15(8-24)18(25)26-9-27-19)20-29-16-3-2-11(21)7-17(16)30(20)14-5-12(22)4-13(23)6-14/h2*2-7,9-10H,1H3,(H3,25,26,27,28)/t2*10-/m10/s1. The van der Waals surface area contributed by atoms with Crippen molar-refractivity contribution in [1.82, 2.24) is 39.0 Å². The Morgan fingerprint density at radius 2 is 0.900 bits per heavy atom. The largest absolute Gasteiger partial charge is 0.382 e. The van der Waals surface area contributed by atoms with Crippen LogP contribution in [0.3, 0.4) is 0 Å². The van der Waals surface area contributed by atoms with E-state index in [9.17, 15) is 36.9 Å². The van der Waals surface area contributed by atoms with E-state index in [1.54, 1.807) is 13.8 Å². The van der Waals surface area contributed by atoms with Crippen molar-refractivity contribution >= 4 is 45.3 Å². The predicted molar refractivity (Wildman–Crippen MR) is 208 cm³/mol. The molecule has 0 bridgehead atoms. The minimum absolute atomic E-state index is 0.00461. The smallest absolute Gasteiger partial charge is 0.150 e. The molecule has 0 saturated carbocycles. The highest BCUT2D eigenvalue weighted by atomic mass is 19.2. The van der Waals surface area contributed by atoms with Gasteiger partial charge in [0.15, 0.2) is 0 Å². The van der Waals surface area contributed by atoms with Crippen molar-refractivity contribution in [3.63, 3.8) is 0 Å². The van der Waals surface area contributed by atoms with E-state index in [-0.39, 0.29) is 45.8 Å². The van der Waals surface area contributed by atoms with E-state index in [1.807, 2.05) is 12.1 Å². The van der Waals surface area contributed by atoms with Gasteiger partial charge in [-0.2, -0.15) is 10.5 Å². The second-order valence-electron chi connectivity index (χ2n) is 13.1. The summed E-state index contributed by atoms with van der Waals surface area (Å²) < 4.78 is 86.3. The van der Waals surface area contributed by atoms with Gasteiger partial charge in [-0.25, -0.2) is 56.2 Å². The lowest BCUT2D eigenvalue weighted by atomic mass is 10.2. The number of fused-ring (bicyclic) bond motifs is 2. The van der Waals surface area contributed by atoms with Crippen LogP contribution in [0.5, 0.6) is 0 Å². The maximum atomic E-state index is 13.9. The van der Waals surface area contributed by atoms with Gasteiger partial charge in [-0.05, 0) is 62.4 Å². The number of nitrogens with two attached hydrogens (primary N) is 2. The summed E-state index contributed by atoms with van der Waals surface area (Å²) in [4.78, 5) is 24.6. The van der Waals surface area contributed by atoms with Gasteiger partial charge in [-0.15, -0.1) is 0 Å². The summed E-state index contributed by atoms with van der Waals surface area (Å²) in [5, 5.41) is 24.7. The third kappa shape index (κ3) is 7.97. The van der Waals surface area contributed by atoms with Crippen LogP contribution in [-0.2, 0) is 0 Å². The van der Waals surface area contributed by atoms with Gasteiger partial charge in [0, 0.05) is 24.3 Å². The maximum absolute atomic E-state index is 13.9. The molecule has 4 heterocycles. The average Bonchev–Trinajstić information content (AvgIpc) is 3.76. The minimum atomic E-state index is -0.787. The van der Waals surface area contributed by atoms with Crippen LogP contribution in [0.15, 0.2) is 85.5 Å². The highest BCUT2D eigenvalue weighted by molar-refractivity contribution is 5.80. The third-order valence-corrected chi connectivity index (χ3v) is 8.95. The van der Waals surface area contributed by atoms with Crippen LogP contribution in [0, 0.1) is 57.6 Å². The number of nitriles is 2. The monoisotopic (exact) mass is 818 g/mol. The summed E-state index contributed by atoms with van der Waals surface area (Å²) >= 11 is 0. The molecule has 8 rings (SSSR count). The predicted octanol–water partition coefficient (Wildman–Crippen LogP) is 7.72. The van der Waals surface area contributed by atoms with Gasteiger partial charge in [0.2, 0.25) is 0 Å². The lowest BCUT2D eigenvalue weighted by molar-refractivity contribution is 0.580. The van der Waals surface area contributed by atoms with E-state index in [0.717, 1.165) is 36.4 Å². The molecular formula is C40H28F6N14. The number of nitrogens with zero attached hydrogens (tertiary/aromatic N) is 10. The molecule has 300 valence electrons. The Morgan fingerprint density at radius 3 is 1.25 bits per heavy atom. The lowest BCUT2D eigenvalue weighted by Crippen LogP contribution is -2.15. The molecule has 0 aliphatic rings. The highest BCUT2D eigenvalue weighted by Gasteiger charge is 2.23. The molecule has 0 aliphatic heterocycles. The van der Waals surface area contributed by atoms with E-state index in [4.69, 9.17) is 11.5 Å². The molecular weight excluding hydrogens is 791 g/mol. The zero-order valence-electron chi connectivity index (χ0n) is 31.1. The number of aromatic nitrogens is 8. The zero-order valence-corrected chi connectivity index (χ0v) is 31.1. The van der Waals surface area contributed by atoms with E-state index in [2.05, 4.69) is 40.5 Å². The molecule has 0 aliphatic carbocycles. The summed E-state index contributed by atoms with van der Waals surface area (Å²) in [6, 6.07) is 16.5. The summed E-state index contributed by atoms with van der Waals surface area (Å²) in [6.45, 7) is 3.42. The van der Waals surface area contributed by atoms with Crippen LogP contribution in [0.4, 0.5) is 49.6 Å². The number of hydrogen-bond donors (Lipinski definition) is 4. The average molecular weight is 819 g/mol. The van der Waals surface area contributed by atoms with E-state index in [0.29, 0.717) is 33.7 Å². The van der Waals surface area contributed by atoms with Gasteiger partial charge in [-0.1, -0.05) is 0 Å². The molecule has 0 amide bonds. The summed E-state index contributed by atoms with van der Waals surface area (Å²) in [5.41, 5.74) is 13.3. The normalized spacial score (nSPS) is 12.0. The number of nitrogens with one attached hydrogen (secondary N) is 2. The van der Waals surface area contributed by atoms with Crippen molar-refractivity contribution in [2.24, 2.45) is 0 Å². The van der Waals surface area contributed by atoms with Crippen LogP contribution in [0.1, 0.15) is 48.7 Å². The van der Waals surface area contributed by atoms with Gasteiger partial charge >= 0.3 is 0 Å². The Bertz CT molecular complexity index is 2780. The number of rotatable bonds is 8. The quantitative estimate of drug-likeness (QED) is 0.109. The van der Waals surface area contributed by atoms with Crippen molar-refractivity contribution in [1.29, 1.82) is 10.5 Å². The number of imidazole rings is 2. The molecule has 4 aromatic heterocycles. The SMILES string of the molecule is C[C@@H](Nc1ncnc(N)c1C#N)c1nc2ccc(F)cc2n1-c1cc(F)cc(F)c1.C[C@H](Nc1ncnc(N)c1C#N)c1nc2ccc(F)cc2n1-c1cc(F)cc(F)c1. The molecule has 0 spiro atoms. The fraction of sp³-hybridized carbons (Fsp3) is 0.100. The van der Waals surface area contributed by atoms with E-state index >= 15 is 0 Å². The third-order valence-electron chi connectivity index (χ3n) is 8.95. The molecule has 0 unspecified atom stereocenters. The number of nitrogen functional groups attached to an aromatic ring is 2. The molecule has 8 aromatic rings. The van der Waals surface area contributed by atoms with Gasteiger partial charge < -0.3 is 22.1 Å². The van der Waals surface area contributed by atoms with Crippen molar-refractivity contribution in [2.45, 2.75) is 25.9 Å². The van der Waals surface area contributed by atoms with Gasteiger partial charge in [0.1, 0.15) is 106 Å². The Kier molecular flexibility index (Phi) is 10.9. The van der Waals surface area contributed by atoms with Crippen LogP contribution < -0.4 is 22.1 Å². The van der Waals surface area contributed by atoms with E-state index in [1.165, 1.54) is 58.2 Å². The first kappa shape index (κ1) is 40.0. The number of anilines is 4. The summed E-state index contributed by atoms with van der Waals surface area (Å²) in [7, 11) is 0. The molecule has 0 saturated heterocycles. The summed E-state index contributed by atoms with van der Waals surface area (Å²) in [5.74, 6) is -3.20. The molecule has 6 N–H and O–H groups in total. The Morgan fingerprint density at radius 1 is 0.533 bits per heavy atom. The zero-order chi connectivity index (χ0) is 42.8. The molecule has 20 heteroatoms. The minimum Gasteiger partial charge on any atom is -0.382 e. The number of halogens is 6. The topological polar surface area (TPSA) is 211 Å². The second-order valence-corrected chi connectivity index (χ2v) is 13.1. The van der Waals surface area contributed by atoms with Gasteiger partial charge in [0.25, 0.3) is 0 Å². The van der Waals surface area contributed by atoms with Crippen LogP contribution >= 0.6 is 0 Å². The molecule has 4 aromatic carbocycles. The molecule has 60 heavy (non-hydrogen) atoms. The van der Waals surface area contributed by atoms with Crippen LogP contribution in [-0.4, -0.2) is 39.0 Å². The van der Waals surface area contributed by atoms with Crippen LogP contribution in [0.2, 0.25) is 0 Å². The van der Waals surface area contributed by atoms with Crippen molar-refractivity contribution in [3.8, 4) is 23.5 Å². The fourth-order valence-electron chi connectivity index (χ4n) is 6.37. The van der Waals surface area contributed by atoms with Crippen molar-refractivity contribution in [3.05, 3.63) is 143 Å². The van der Waals surface area contributed by atoms with Crippen molar-refractivity contribution < 1.29 is 26.3 Å². The summed E-state index contributed by atoms with van der Waals surface area (Å²) in [6.07, 6.45) is 2.40. The second kappa shape index (κ2) is 16.3. The maximum Gasteiger partial charge on any atom is 0.150 e. The first-order valence-corrected chi connectivity index (χ1v) is 17.6. The van der Waals surface area contributed by atoms with E-state index < -0.39 is 47.0 Å². The van der Waals surface area contributed by atoms with Gasteiger partial charge in [0.05, 0.1) is 45.5 Å². The van der Waals surface area contributed by atoms with Crippen molar-refractivity contribution in [2.75, 3.05) is 22.1 Å². The molecule has 0 fully saturated rings. The molecule has 14 nitrogen and oxygen atoms in total. The Hall–Kier alpha value is -8.26. The Balaban J connectivity index is 0.000000181. The Labute approximate surface area is 335 Å². The van der Waals surface area contributed by atoms with Gasteiger partial charge in [-0.3, -0.25) is 9.13 Å². The number of hydrogen-bond acceptors (Lipinski definition) is 12. The lowest BCUT2D eigenvalue weighted by Gasteiger charge is -2.18. The highest BCUT2D eigenvalue weighted by Crippen LogP contribution is 2.31. The first-order valence-electron chi connectivity index (χ1n) is 17.6.